The maximum Gasteiger partial charge on any atom is 0.274 e. The lowest BCUT2D eigenvalue weighted by Crippen LogP contribution is -2.24. The Balaban J connectivity index is 1.45. The van der Waals surface area contributed by atoms with Crippen molar-refractivity contribution in [1.82, 2.24) is 14.6 Å². The summed E-state index contributed by atoms with van der Waals surface area (Å²) in [5.74, 6) is 0. The molecule has 0 unspecified atom stereocenters. The van der Waals surface area contributed by atoms with E-state index in [-0.39, 0.29) is 11.7 Å². The van der Waals surface area contributed by atoms with Gasteiger partial charge in [0.2, 0.25) is 0 Å². The zero-order valence-electron chi connectivity index (χ0n) is 15.8. The molecule has 7 heteroatoms. The standard InChI is InChI=1S/C22H21N3O3S/c26-21-11-17(13-28-18-6-8-27-9-7-18)24-22-19(12-23-25(21)22)20-10-16(14-29-20)15-4-2-1-3-5-15/h1-5,10-12,14,18,24H,6-9,13H2. The Hall–Kier alpha value is -2.74. The van der Waals surface area contributed by atoms with Crippen molar-refractivity contribution >= 4 is 17.0 Å². The van der Waals surface area contributed by atoms with Gasteiger partial charge in [0.05, 0.1) is 24.5 Å². The Labute approximate surface area is 171 Å². The van der Waals surface area contributed by atoms with Gasteiger partial charge in [-0.3, -0.25) is 4.79 Å². The third-order valence-corrected chi connectivity index (χ3v) is 6.13. The van der Waals surface area contributed by atoms with E-state index >= 15 is 0 Å². The van der Waals surface area contributed by atoms with E-state index < -0.39 is 0 Å². The molecular formula is C22H21N3O3S. The molecule has 4 heterocycles. The van der Waals surface area contributed by atoms with E-state index in [1.807, 2.05) is 18.2 Å². The van der Waals surface area contributed by atoms with Crippen LogP contribution in [0.1, 0.15) is 18.5 Å². The van der Waals surface area contributed by atoms with Crippen LogP contribution in [0.2, 0.25) is 0 Å². The SMILES string of the molecule is O=c1cc(COC2CCOCC2)[nH]c2c(-c3cc(-c4ccccc4)cs3)cnn12. The van der Waals surface area contributed by atoms with Gasteiger partial charge in [-0.05, 0) is 35.4 Å². The highest BCUT2D eigenvalue weighted by Gasteiger charge is 2.16. The van der Waals surface area contributed by atoms with Crippen molar-refractivity contribution in [2.75, 3.05) is 13.2 Å². The van der Waals surface area contributed by atoms with Crippen LogP contribution in [-0.4, -0.2) is 33.9 Å². The summed E-state index contributed by atoms with van der Waals surface area (Å²) >= 11 is 1.64. The molecular weight excluding hydrogens is 386 g/mol. The first-order valence-corrected chi connectivity index (χ1v) is 10.6. The van der Waals surface area contributed by atoms with Gasteiger partial charge in [-0.1, -0.05) is 30.3 Å². The first-order valence-electron chi connectivity index (χ1n) is 9.71. The Kier molecular flexibility index (Phi) is 5.01. The van der Waals surface area contributed by atoms with Gasteiger partial charge in [0, 0.05) is 29.9 Å². The minimum atomic E-state index is -0.157. The zero-order chi connectivity index (χ0) is 19.6. The molecule has 0 atom stereocenters. The van der Waals surface area contributed by atoms with E-state index in [0.29, 0.717) is 12.3 Å². The molecule has 1 aromatic carbocycles. The molecule has 0 radical (unpaired) electrons. The highest BCUT2D eigenvalue weighted by Crippen LogP contribution is 2.34. The van der Waals surface area contributed by atoms with E-state index in [1.54, 1.807) is 23.6 Å². The maximum absolute atomic E-state index is 12.5. The van der Waals surface area contributed by atoms with E-state index in [2.05, 4.69) is 33.7 Å². The lowest BCUT2D eigenvalue weighted by molar-refractivity contribution is -0.0399. The monoisotopic (exact) mass is 407 g/mol. The largest absolute Gasteiger partial charge is 0.381 e. The van der Waals surface area contributed by atoms with Crippen LogP contribution in [0, 0.1) is 0 Å². The topological polar surface area (TPSA) is 68.6 Å². The lowest BCUT2D eigenvalue weighted by Gasteiger charge is -2.22. The number of hydrogen-bond acceptors (Lipinski definition) is 5. The quantitative estimate of drug-likeness (QED) is 0.540. The maximum atomic E-state index is 12.5. The van der Waals surface area contributed by atoms with Gasteiger partial charge in [-0.2, -0.15) is 9.61 Å². The fourth-order valence-electron chi connectivity index (χ4n) is 3.60. The minimum absolute atomic E-state index is 0.157. The average molecular weight is 407 g/mol. The van der Waals surface area contributed by atoms with Crippen LogP contribution >= 0.6 is 11.3 Å². The number of aromatic amines is 1. The Morgan fingerprint density at radius 2 is 2.00 bits per heavy atom. The van der Waals surface area contributed by atoms with E-state index in [4.69, 9.17) is 9.47 Å². The number of H-pyrrole nitrogens is 1. The van der Waals surface area contributed by atoms with Crippen molar-refractivity contribution in [3.05, 3.63) is 70.1 Å². The van der Waals surface area contributed by atoms with Crippen molar-refractivity contribution in [1.29, 1.82) is 0 Å². The summed E-state index contributed by atoms with van der Waals surface area (Å²) in [5.41, 5.74) is 4.55. The predicted molar refractivity (Wildman–Crippen MR) is 113 cm³/mol. The number of rotatable bonds is 5. The van der Waals surface area contributed by atoms with Crippen LogP contribution in [0.25, 0.3) is 27.2 Å². The van der Waals surface area contributed by atoms with E-state index in [0.717, 1.165) is 47.8 Å². The molecule has 0 bridgehead atoms. The lowest BCUT2D eigenvalue weighted by atomic mass is 10.1. The number of nitrogens with one attached hydrogen (secondary N) is 1. The van der Waals surface area contributed by atoms with Crippen molar-refractivity contribution in [2.45, 2.75) is 25.6 Å². The minimum Gasteiger partial charge on any atom is -0.381 e. The summed E-state index contributed by atoms with van der Waals surface area (Å²) in [5, 5.41) is 6.42. The third kappa shape index (κ3) is 3.76. The molecule has 3 aromatic heterocycles. The summed E-state index contributed by atoms with van der Waals surface area (Å²) in [7, 11) is 0. The molecule has 1 fully saturated rings. The van der Waals surface area contributed by atoms with Crippen molar-refractivity contribution in [2.24, 2.45) is 0 Å². The molecule has 1 aliphatic heterocycles. The molecule has 1 aliphatic rings. The normalized spacial score (nSPS) is 15.2. The number of benzene rings is 1. The molecule has 1 N–H and O–H groups in total. The van der Waals surface area contributed by atoms with Gasteiger partial charge in [0.15, 0.2) is 0 Å². The van der Waals surface area contributed by atoms with Gasteiger partial charge < -0.3 is 14.5 Å². The summed E-state index contributed by atoms with van der Waals surface area (Å²) in [6.45, 7) is 1.84. The molecule has 1 saturated heterocycles. The average Bonchev–Trinajstić information content (AvgIpc) is 3.41. The number of thiophene rings is 1. The number of fused-ring (bicyclic) bond motifs is 1. The van der Waals surface area contributed by atoms with Gasteiger partial charge in [-0.15, -0.1) is 11.3 Å². The van der Waals surface area contributed by atoms with Gasteiger partial charge in [-0.25, -0.2) is 0 Å². The summed E-state index contributed by atoms with van der Waals surface area (Å²) in [4.78, 5) is 17.0. The molecule has 148 valence electrons. The highest BCUT2D eigenvalue weighted by atomic mass is 32.1. The summed E-state index contributed by atoms with van der Waals surface area (Å²) < 4.78 is 12.8. The molecule has 0 saturated carbocycles. The Morgan fingerprint density at radius 1 is 1.17 bits per heavy atom. The van der Waals surface area contributed by atoms with Crippen LogP contribution in [0.5, 0.6) is 0 Å². The van der Waals surface area contributed by atoms with Gasteiger partial charge in [0.25, 0.3) is 5.56 Å². The molecule has 0 spiro atoms. The number of hydrogen-bond donors (Lipinski definition) is 1. The molecule has 4 aromatic rings. The van der Waals surface area contributed by atoms with Crippen LogP contribution in [0.3, 0.4) is 0 Å². The molecule has 5 rings (SSSR count). The first kappa shape index (κ1) is 18.3. The smallest absolute Gasteiger partial charge is 0.274 e. The second-order valence-corrected chi connectivity index (χ2v) is 8.05. The van der Waals surface area contributed by atoms with E-state index in [9.17, 15) is 4.79 Å². The van der Waals surface area contributed by atoms with Gasteiger partial charge >= 0.3 is 0 Å². The molecule has 29 heavy (non-hydrogen) atoms. The second kappa shape index (κ2) is 7.94. The third-order valence-electron chi connectivity index (χ3n) is 5.17. The fraction of sp³-hybridized carbons (Fsp3) is 0.273. The van der Waals surface area contributed by atoms with Crippen LogP contribution in [0.15, 0.2) is 58.8 Å². The fourth-order valence-corrected chi connectivity index (χ4v) is 4.53. The molecule has 0 aliphatic carbocycles. The zero-order valence-corrected chi connectivity index (χ0v) is 16.7. The highest BCUT2D eigenvalue weighted by molar-refractivity contribution is 7.14. The summed E-state index contributed by atoms with van der Waals surface area (Å²) in [6.07, 6.45) is 3.71. The van der Waals surface area contributed by atoms with E-state index in [1.165, 1.54) is 10.1 Å². The predicted octanol–water partition coefficient (Wildman–Crippen LogP) is 4.11. The Bertz CT molecular complexity index is 1170. The van der Waals surface area contributed by atoms with Crippen LogP contribution in [-0.2, 0) is 16.1 Å². The van der Waals surface area contributed by atoms with Crippen molar-refractivity contribution < 1.29 is 9.47 Å². The van der Waals surface area contributed by atoms with Crippen molar-refractivity contribution in [3.63, 3.8) is 0 Å². The van der Waals surface area contributed by atoms with Crippen LogP contribution < -0.4 is 5.56 Å². The first-order chi connectivity index (χ1) is 14.3. The molecule has 6 nitrogen and oxygen atoms in total. The Morgan fingerprint density at radius 3 is 2.83 bits per heavy atom. The second-order valence-electron chi connectivity index (χ2n) is 7.14. The number of ether oxygens (including phenoxy) is 2. The van der Waals surface area contributed by atoms with Gasteiger partial charge in [0.1, 0.15) is 5.65 Å². The molecule has 0 amide bonds. The van der Waals surface area contributed by atoms with Crippen molar-refractivity contribution in [3.8, 4) is 21.6 Å². The van der Waals surface area contributed by atoms with Crippen LogP contribution in [0.4, 0.5) is 0 Å². The number of aromatic nitrogens is 3. The number of nitrogens with zero attached hydrogens (tertiary/aromatic N) is 2. The summed E-state index contributed by atoms with van der Waals surface area (Å²) in [6, 6.07) is 14.0.